The molecule has 2 N–H and O–H groups in total. The van der Waals surface area contributed by atoms with Gasteiger partial charge in [-0.2, -0.15) is 0 Å². The van der Waals surface area contributed by atoms with Gasteiger partial charge in [-0.15, -0.1) is 0 Å². The summed E-state index contributed by atoms with van der Waals surface area (Å²) >= 11 is 5.77. The molecule has 20 heavy (non-hydrogen) atoms. The van der Waals surface area contributed by atoms with Crippen LogP contribution in [0.2, 0.25) is 5.02 Å². The minimum absolute atomic E-state index is 0.0590. The van der Waals surface area contributed by atoms with E-state index in [0.29, 0.717) is 19.3 Å². The maximum absolute atomic E-state index is 12.0. The zero-order valence-corrected chi connectivity index (χ0v) is 12.2. The average Bonchev–Trinajstić information content (AvgIpc) is 2.38. The van der Waals surface area contributed by atoms with Gasteiger partial charge in [0, 0.05) is 25.3 Å². The summed E-state index contributed by atoms with van der Waals surface area (Å²) in [6.45, 7) is 0.241. The largest absolute Gasteiger partial charge is 0.396 e. The van der Waals surface area contributed by atoms with Crippen molar-refractivity contribution in [3.05, 3.63) is 33.3 Å². The van der Waals surface area contributed by atoms with E-state index in [1.165, 1.54) is 6.07 Å². The summed E-state index contributed by atoms with van der Waals surface area (Å²) in [7, 11) is -3.88. The molecule has 0 heterocycles. The van der Waals surface area contributed by atoms with Crippen LogP contribution >= 0.6 is 11.6 Å². The van der Waals surface area contributed by atoms with Gasteiger partial charge < -0.3 is 5.11 Å². The van der Waals surface area contributed by atoms with Gasteiger partial charge in [0.05, 0.1) is 9.95 Å². The topological polar surface area (TPSA) is 110 Å². The van der Waals surface area contributed by atoms with E-state index in [-0.39, 0.29) is 28.8 Å². The lowest BCUT2D eigenvalue weighted by Gasteiger charge is -2.08. The van der Waals surface area contributed by atoms with Crippen molar-refractivity contribution < 1.29 is 18.4 Å². The van der Waals surface area contributed by atoms with Crippen molar-refractivity contribution in [1.82, 2.24) is 4.72 Å². The second-order valence-electron chi connectivity index (χ2n) is 4.05. The number of halogens is 1. The van der Waals surface area contributed by atoms with E-state index in [9.17, 15) is 18.5 Å². The van der Waals surface area contributed by atoms with Crippen molar-refractivity contribution in [1.29, 1.82) is 0 Å². The molecule has 0 aromatic heterocycles. The summed E-state index contributed by atoms with van der Waals surface area (Å²) in [5.74, 6) is 0. The van der Waals surface area contributed by atoms with Crippen LogP contribution in [0.3, 0.4) is 0 Å². The first-order valence-corrected chi connectivity index (χ1v) is 7.79. The average molecular weight is 323 g/mol. The Labute approximate surface area is 121 Å². The number of benzene rings is 1. The van der Waals surface area contributed by atoms with Crippen LogP contribution in [0.4, 0.5) is 5.69 Å². The molecule has 0 aliphatic carbocycles. The molecular formula is C11H15ClN2O5S. The SMILES string of the molecule is O=[N+]([O-])c1ccc(Cl)c(S(=O)(=O)NCCCCCO)c1. The number of aliphatic hydroxyl groups excluding tert-OH is 1. The van der Waals surface area contributed by atoms with E-state index >= 15 is 0 Å². The molecule has 9 heteroatoms. The minimum atomic E-state index is -3.88. The molecule has 1 rings (SSSR count). The molecule has 0 bridgehead atoms. The van der Waals surface area contributed by atoms with E-state index in [2.05, 4.69) is 4.72 Å². The fraction of sp³-hybridized carbons (Fsp3) is 0.455. The summed E-state index contributed by atoms with van der Waals surface area (Å²) in [4.78, 5) is 9.65. The molecular weight excluding hydrogens is 308 g/mol. The van der Waals surface area contributed by atoms with Crippen molar-refractivity contribution in [2.24, 2.45) is 0 Å². The maximum atomic E-state index is 12.0. The first-order chi connectivity index (χ1) is 9.38. The molecule has 0 fully saturated rings. The lowest BCUT2D eigenvalue weighted by Crippen LogP contribution is -2.25. The van der Waals surface area contributed by atoms with Crippen molar-refractivity contribution >= 4 is 27.3 Å². The Morgan fingerprint density at radius 2 is 2.00 bits per heavy atom. The predicted molar refractivity (Wildman–Crippen MR) is 74.2 cm³/mol. The first kappa shape index (κ1) is 16.8. The predicted octanol–water partition coefficient (Wildman–Crippen LogP) is 1.69. The molecule has 0 aliphatic rings. The van der Waals surface area contributed by atoms with Gasteiger partial charge in [-0.05, 0) is 25.3 Å². The van der Waals surface area contributed by atoms with E-state index < -0.39 is 14.9 Å². The molecule has 0 unspecified atom stereocenters. The van der Waals surface area contributed by atoms with Crippen molar-refractivity contribution in [3.8, 4) is 0 Å². The molecule has 0 saturated heterocycles. The number of hydrogen-bond acceptors (Lipinski definition) is 5. The first-order valence-electron chi connectivity index (χ1n) is 5.93. The number of hydrogen-bond donors (Lipinski definition) is 2. The molecule has 7 nitrogen and oxygen atoms in total. The van der Waals surface area contributed by atoms with E-state index in [4.69, 9.17) is 16.7 Å². The highest BCUT2D eigenvalue weighted by atomic mass is 35.5. The third-order valence-corrected chi connectivity index (χ3v) is 4.48. The Morgan fingerprint density at radius 1 is 1.30 bits per heavy atom. The summed E-state index contributed by atoms with van der Waals surface area (Å²) in [6, 6.07) is 3.25. The highest BCUT2D eigenvalue weighted by molar-refractivity contribution is 7.89. The Hall–Kier alpha value is -1.22. The van der Waals surface area contributed by atoms with Crippen LogP contribution in [-0.4, -0.2) is 31.6 Å². The molecule has 1 aromatic rings. The molecule has 0 amide bonds. The Kier molecular flexibility index (Phi) is 6.34. The molecule has 0 radical (unpaired) electrons. The van der Waals surface area contributed by atoms with Crippen LogP contribution in [-0.2, 0) is 10.0 Å². The zero-order chi connectivity index (χ0) is 15.2. The molecule has 112 valence electrons. The number of rotatable bonds is 8. The monoisotopic (exact) mass is 322 g/mol. The van der Waals surface area contributed by atoms with Crippen molar-refractivity contribution in [2.75, 3.05) is 13.2 Å². The summed E-state index contributed by atoms with van der Waals surface area (Å²) in [6.07, 6.45) is 1.84. The van der Waals surface area contributed by atoms with Gasteiger partial charge in [0.1, 0.15) is 4.90 Å². The van der Waals surface area contributed by atoms with Gasteiger partial charge in [-0.1, -0.05) is 11.6 Å². The quantitative estimate of drug-likeness (QED) is 0.430. The minimum Gasteiger partial charge on any atom is -0.396 e. The number of aliphatic hydroxyl groups is 1. The fourth-order valence-electron chi connectivity index (χ4n) is 1.51. The molecule has 1 aromatic carbocycles. The summed E-state index contributed by atoms with van der Waals surface area (Å²) < 4.78 is 26.3. The number of unbranched alkanes of at least 4 members (excludes halogenated alkanes) is 2. The summed E-state index contributed by atoms with van der Waals surface area (Å²) in [5.41, 5.74) is -0.338. The second-order valence-corrected chi connectivity index (χ2v) is 6.20. The third kappa shape index (κ3) is 4.71. The lowest BCUT2D eigenvalue weighted by molar-refractivity contribution is -0.385. The highest BCUT2D eigenvalue weighted by Gasteiger charge is 2.20. The number of nitro groups is 1. The van der Waals surface area contributed by atoms with Gasteiger partial charge in [0.25, 0.3) is 5.69 Å². The third-order valence-electron chi connectivity index (χ3n) is 2.54. The zero-order valence-electron chi connectivity index (χ0n) is 10.6. The number of sulfonamides is 1. The maximum Gasteiger partial charge on any atom is 0.270 e. The van der Waals surface area contributed by atoms with Crippen LogP contribution < -0.4 is 4.72 Å². The Morgan fingerprint density at radius 3 is 2.60 bits per heavy atom. The number of non-ortho nitro benzene ring substituents is 1. The smallest absolute Gasteiger partial charge is 0.270 e. The van der Waals surface area contributed by atoms with Crippen molar-refractivity contribution in [2.45, 2.75) is 24.2 Å². The van der Waals surface area contributed by atoms with Crippen LogP contribution in [0.1, 0.15) is 19.3 Å². The number of nitrogens with one attached hydrogen (secondary N) is 1. The normalized spacial score (nSPS) is 11.5. The van der Waals surface area contributed by atoms with Gasteiger partial charge in [0.2, 0.25) is 10.0 Å². The van der Waals surface area contributed by atoms with E-state index in [1.54, 1.807) is 0 Å². The summed E-state index contributed by atoms with van der Waals surface area (Å²) in [5, 5.41) is 19.2. The van der Waals surface area contributed by atoms with Gasteiger partial charge in [0.15, 0.2) is 0 Å². The Balaban J connectivity index is 2.81. The number of nitrogens with zero attached hydrogens (tertiary/aromatic N) is 1. The van der Waals surface area contributed by atoms with Crippen LogP contribution in [0.25, 0.3) is 0 Å². The fourth-order valence-corrected chi connectivity index (χ4v) is 3.10. The van der Waals surface area contributed by atoms with Gasteiger partial charge >= 0.3 is 0 Å². The van der Waals surface area contributed by atoms with Gasteiger partial charge in [-0.3, -0.25) is 10.1 Å². The van der Waals surface area contributed by atoms with Crippen molar-refractivity contribution in [3.63, 3.8) is 0 Å². The highest BCUT2D eigenvalue weighted by Crippen LogP contribution is 2.25. The molecule has 0 aliphatic heterocycles. The van der Waals surface area contributed by atoms with Crippen LogP contribution in [0.15, 0.2) is 23.1 Å². The van der Waals surface area contributed by atoms with Crippen LogP contribution in [0.5, 0.6) is 0 Å². The molecule has 0 spiro atoms. The number of nitro benzene ring substituents is 1. The van der Waals surface area contributed by atoms with Crippen LogP contribution in [0, 0.1) is 10.1 Å². The van der Waals surface area contributed by atoms with Gasteiger partial charge in [-0.25, -0.2) is 13.1 Å². The van der Waals surface area contributed by atoms with E-state index in [1.807, 2.05) is 0 Å². The molecule has 0 atom stereocenters. The molecule has 0 saturated carbocycles. The second kappa shape index (κ2) is 7.53. The lowest BCUT2D eigenvalue weighted by atomic mass is 10.2. The standard InChI is InChI=1S/C11H15ClN2O5S/c12-10-5-4-9(14(16)17)8-11(10)20(18,19)13-6-2-1-3-7-15/h4-5,8,13,15H,1-3,6-7H2. The van der Waals surface area contributed by atoms with E-state index in [0.717, 1.165) is 12.1 Å². The Bertz CT molecular complexity index is 576.